The van der Waals surface area contributed by atoms with Crippen molar-refractivity contribution in [1.82, 2.24) is 19.9 Å². The largest absolute Gasteiger partial charge is 0.449 e. The molecule has 2 aromatic carbocycles. The van der Waals surface area contributed by atoms with Crippen molar-refractivity contribution in [2.75, 3.05) is 15.4 Å². The fourth-order valence-electron chi connectivity index (χ4n) is 3.72. The number of aryl methyl sites for hydroxylation is 3. The summed E-state index contributed by atoms with van der Waals surface area (Å²) in [6.07, 6.45) is 3.27. The van der Waals surface area contributed by atoms with E-state index in [1.165, 1.54) is 18.4 Å². The maximum absolute atomic E-state index is 12.9. The Morgan fingerprint density at radius 3 is 2.08 bits per heavy atom. The summed E-state index contributed by atoms with van der Waals surface area (Å²) in [5.41, 5.74) is 3.67. The Kier molecular flexibility index (Phi) is 6.75. The molecule has 0 fully saturated rings. The SMILES string of the molecule is Cc1ccnc(Nc2cc(Nc3ccc(NS(=O)(=O)c4ccc(-c5coc(C)n5)cc4)cc3)nc(C)n2)c1. The summed E-state index contributed by atoms with van der Waals surface area (Å²) in [5.74, 6) is 3.01. The average molecular weight is 528 g/mol. The molecule has 0 aliphatic heterocycles. The molecule has 0 aliphatic carbocycles. The lowest BCUT2D eigenvalue weighted by molar-refractivity contribution is 0.521. The summed E-state index contributed by atoms with van der Waals surface area (Å²) >= 11 is 0. The molecule has 3 N–H and O–H groups in total. The third-order valence-corrected chi connectivity index (χ3v) is 6.90. The molecule has 5 aromatic rings. The first-order valence-corrected chi connectivity index (χ1v) is 13.2. The van der Waals surface area contributed by atoms with Crippen molar-refractivity contribution in [3.8, 4) is 11.3 Å². The molecule has 3 heterocycles. The lowest BCUT2D eigenvalue weighted by Gasteiger charge is -2.12. The Balaban J connectivity index is 1.26. The third-order valence-electron chi connectivity index (χ3n) is 5.50. The average Bonchev–Trinajstić information content (AvgIpc) is 3.31. The molecule has 0 spiro atoms. The van der Waals surface area contributed by atoms with Gasteiger partial charge in [0, 0.05) is 36.1 Å². The molecular weight excluding hydrogens is 502 g/mol. The summed E-state index contributed by atoms with van der Waals surface area (Å²) in [6.45, 7) is 5.55. The number of hydrogen-bond acceptors (Lipinski definition) is 9. The van der Waals surface area contributed by atoms with Gasteiger partial charge in [0.25, 0.3) is 10.0 Å². The van der Waals surface area contributed by atoms with Crippen LogP contribution in [0.2, 0.25) is 0 Å². The smallest absolute Gasteiger partial charge is 0.261 e. The molecule has 0 bridgehead atoms. The first kappa shape index (κ1) is 24.9. The van der Waals surface area contributed by atoms with Crippen molar-refractivity contribution in [1.29, 1.82) is 0 Å². The Morgan fingerprint density at radius 1 is 0.737 bits per heavy atom. The number of nitrogens with one attached hydrogen (secondary N) is 3. The molecule has 0 saturated heterocycles. The molecule has 0 saturated carbocycles. The molecule has 3 aromatic heterocycles. The lowest BCUT2D eigenvalue weighted by atomic mass is 10.2. The van der Waals surface area contributed by atoms with Crippen molar-refractivity contribution in [3.63, 3.8) is 0 Å². The van der Waals surface area contributed by atoms with Crippen LogP contribution in [0.1, 0.15) is 17.3 Å². The van der Waals surface area contributed by atoms with E-state index in [1.54, 1.807) is 62.5 Å². The van der Waals surface area contributed by atoms with Gasteiger partial charge in [-0.25, -0.2) is 28.4 Å². The second-order valence-corrected chi connectivity index (χ2v) is 10.3. The number of aromatic nitrogens is 4. The number of benzene rings is 2. The van der Waals surface area contributed by atoms with E-state index in [4.69, 9.17) is 4.42 Å². The van der Waals surface area contributed by atoms with Gasteiger partial charge in [0.15, 0.2) is 5.89 Å². The predicted molar refractivity (Wildman–Crippen MR) is 146 cm³/mol. The van der Waals surface area contributed by atoms with E-state index in [0.29, 0.717) is 40.6 Å². The lowest BCUT2D eigenvalue weighted by Crippen LogP contribution is -2.12. The Bertz CT molecular complexity index is 1680. The number of anilines is 5. The summed E-state index contributed by atoms with van der Waals surface area (Å²) in [6, 6.07) is 19.0. The minimum absolute atomic E-state index is 0.142. The summed E-state index contributed by atoms with van der Waals surface area (Å²) in [7, 11) is -3.77. The highest BCUT2D eigenvalue weighted by Gasteiger charge is 2.15. The third kappa shape index (κ3) is 5.95. The minimum Gasteiger partial charge on any atom is -0.449 e. The van der Waals surface area contributed by atoms with E-state index >= 15 is 0 Å². The number of oxazole rings is 1. The Hall–Kier alpha value is -4.77. The highest BCUT2D eigenvalue weighted by molar-refractivity contribution is 7.92. The van der Waals surface area contributed by atoms with E-state index in [-0.39, 0.29) is 4.90 Å². The van der Waals surface area contributed by atoms with Gasteiger partial charge in [-0.15, -0.1) is 0 Å². The molecule has 0 radical (unpaired) electrons. The van der Waals surface area contributed by atoms with Gasteiger partial charge in [0.2, 0.25) is 0 Å². The molecule has 10 nitrogen and oxygen atoms in total. The molecule has 11 heteroatoms. The number of sulfonamides is 1. The minimum atomic E-state index is -3.77. The molecule has 0 unspecified atom stereocenters. The van der Waals surface area contributed by atoms with Gasteiger partial charge >= 0.3 is 0 Å². The van der Waals surface area contributed by atoms with Crippen molar-refractivity contribution < 1.29 is 12.8 Å². The van der Waals surface area contributed by atoms with Gasteiger partial charge < -0.3 is 15.1 Å². The van der Waals surface area contributed by atoms with Crippen molar-refractivity contribution in [2.45, 2.75) is 25.7 Å². The van der Waals surface area contributed by atoms with E-state index in [2.05, 4.69) is 35.3 Å². The van der Waals surface area contributed by atoms with Crippen LogP contribution in [0.5, 0.6) is 0 Å². The van der Waals surface area contributed by atoms with Crippen LogP contribution in [-0.2, 0) is 10.0 Å². The molecule has 0 amide bonds. The summed E-state index contributed by atoms with van der Waals surface area (Å²) in [4.78, 5) is 17.6. The fourth-order valence-corrected chi connectivity index (χ4v) is 4.77. The number of pyridine rings is 1. The van der Waals surface area contributed by atoms with Crippen molar-refractivity contribution in [3.05, 3.63) is 96.5 Å². The molecule has 38 heavy (non-hydrogen) atoms. The topological polar surface area (TPSA) is 135 Å². The molecular formula is C27H25N7O3S. The van der Waals surface area contributed by atoms with E-state index in [9.17, 15) is 8.42 Å². The van der Waals surface area contributed by atoms with Crippen LogP contribution in [0.25, 0.3) is 11.3 Å². The fraction of sp³-hybridized carbons (Fsp3) is 0.111. The Labute approximate surface area is 220 Å². The van der Waals surface area contributed by atoms with Crippen molar-refractivity contribution in [2.24, 2.45) is 0 Å². The van der Waals surface area contributed by atoms with Crippen LogP contribution in [0.15, 0.2) is 88.5 Å². The van der Waals surface area contributed by atoms with Crippen LogP contribution in [0.4, 0.5) is 28.8 Å². The van der Waals surface area contributed by atoms with Crippen LogP contribution in [-0.4, -0.2) is 28.4 Å². The summed E-state index contributed by atoms with van der Waals surface area (Å²) < 4.78 is 33.6. The highest BCUT2D eigenvalue weighted by Crippen LogP contribution is 2.24. The van der Waals surface area contributed by atoms with E-state index in [1.807, 2.05) is 19.1 Å². The normalized spacial score (nSPS) is 11.2. The summed E-state index contributed by atoms with van der Waals surface area (Å²) in [5, 5.41) is 6.41. The monoisotopic (exact) mass is 527 g/mol. The molecule has 0 atom stereocenters. The van der Waals surface area contributed by atoms with Gasteiger partial charge in [0.1, 0.15) is 35.2 Å². The zero-order valence-electron chi connectivity index (χ0n) is 20.9. The van der Waals surface area contributed by atoms with Gasteiger partial charge in [-0.2, -0.15) is 0 Å². The molecule has 0 aliphatic rings. The second-order valence-electron chi connectivity index (χ2n) is 8.61. The zero-order chi connectivity index (χ0) is 26.7. The standard InChI is InChI=1S/C27H25N7O3S/c1-17-12-13-28-25(14-17)33-27-15-26(29-18(2)30-27)32-21-6-8-22(9-7-21)34-38(35,36)23-10-4-20(5-11-23)24-16-37-19(3)31-24/h4-16,34H,1-3H3,(H2,28,29,30,32,33). The zero-order valence-corrected chi connectivity index (χ0v) is 21.7. The number of rotatable bonds is 8. The van der Waals surface area contributed by atoms with Crippen LogP contribution >= 0.6 is 0 Å². The quantitative estimate of drug-likeness (QED) is 0.231. The van der Waals surface area contributed by atoms with Gasteiger partial charge in [-0.1, -0.05) is 12.1 Å². The van der Waals surface area contributed by atoms with E-state index < -0.39 is 10.0 Å². The predicted octanol–water partition coefficient (Wildman–Crippen LogP) is 5.74. The number of hydrogen-bond donors (Lipinski definition) is 3. The number of nitrogens with zero attached hydrogens (tertiary/aromatic N) is 4. The van der Waals surface area contributed by atoms with Crippen LogP contribution < -0.4 is 15.4 Å². The van der Waals surface area contributed by atoms with Crippen molar-refractivity contribution >= 4 is 38.9 Å². The van der Waals surface area contributed by atoms with Gasteiger partial charge in [-0.05, 0) is 67.9 Å². The molecule has 192 valence electrons. The highest BCUT2D eigenvalue weighted by atomic mass is 32.2. The van der Waals surface area contributed by atoms with Gasteiger partial charge in [-0.3, -0.25) is 4.72 Å². The maximum Gasteiger partial charge on any atom is 0.261 e. The first-order chi connectivity index (χ1) is 18.2. The van der Waals surface area contributed by atoms with Crippen LogP contribution in [0, 0.1) is 20.8 Å². The van der Waals surface area contributed by atoms with Crippen LogP contribution in [0.3, 0.4) is 0 Å². The van der Waals surface area contributed by atoms with Gasteiger partial charge in [0.05, 0.1) is 4.90 Å². The molecule has 5 rings (SSSR count). The van der Waals surface area contributed by atoms with E-state index in [0.717, 1.165) is 16.8 Å². The Morgan fingerprint density at radius 2 is 1.42 bits per heavy atom. The second kappa shape index (κ2) is 10.3. The maximum atomic E-state index is 12.9. The first-order valence-electron chi connectivity index (χ1n) is 11.7.